The molecule has 184 valence electrons. The number of likely N-dealkylation sites (N-methyl/N-ethyl adjacent to an activating group) is 1. The summed E-state index contributed by atoms with van der Waals surface area (Å²) in [4.78, 5) is 28.1. The first kappa shape index (κ1) is 25.8. The molecular weight excluding hydrogens is 440 g/mol. The zero-order valence-corrected chi connectivity index (χ0v) is 20.7. The van der Waals surface area contributed by atoms with Gasteiger partial charge in [-0.15, -0.1) is 0 Å². The summed E-state index contributed by atoms with van der Waals surface area (Å²) in [6.45, 7) is 2.75. The van der Waals surface area contributed by atoms with Crippen molar-refractivity contribution in [3.8, 4) is 11.5 Å². The number of ether oxygens (including phenoxy) is 2. The van der Waals surface area contributed by atoms with Crippen LogP contribution in [0.1, 0.15) is 29.5 Å². The van der Waals surface area contributed by atoms with Gasteiger partial charge in [0.2, 0.25) is 11.8 Å². The minimum atomic E-state index is -0.640. The van der Waals surface area contributed by atoms with Gasteiger partial charge in [0.1, 0.15) is 17.5 Å². The molecule has 3 aromatic rings. The molecule has 6 nitrogen and oxygen atoms in total. The van der Waals surface area contributed by atoms with Gasteiger partial charge < -0.3 is 19.7 Å². The van der Waals surface area contributed by atoms with Gasteiger partial charge in [0.05, 0.1) is 13.7 Å². The Kier molecular flexibility index (Phi) is 9.72. The molecule has 0 saturated heterocycles. The Hall–Kier alpha value is -3.80. The van der Waals surface area contributed by atoms with E-state index in [2.05, 4.69) is 5.32 Å². The average Bonchev–Trinajstić information content (AvgIpc) is 2.89. The lowest BCUT2D eigenvalue weighted by Crippen LogP contribution is -2.49. The zero-order valence-electron chi connectivity index (χ0n) is 20.7. The SMILES string of the molecule is CNC(=O)C(Cc1ccccc1)N(Cc1cccc(OC)c1)C(=O)CCCOc1ccc(C)cc1. The van der Waals surface area contributed by atoms with Gasteiger partial charge in [-0.1, -0.05) is 60.2 Å². The van der Waals surface area contributed by atoms with Crippen molar-refractivity contribution in [2.75, 3.05) is 20.8 Å². The van der Waals surface area contributed by atoms with Gasteiger partial charge in [0, 0.05) is 26.4 Å². The van der Waals surface area contributed by atoms with E-state index in [1.807, 2.05) is 85.8 Å². The number of benzene rings is 3. The van der Waals surface area contributed by atoms with E-state index in [1.54, 1.807) is 19.1 Å². The Bertz CT molecular complexity index is 1080. The average molecular weight is 475 g/mol. The quantitative estimate of drug-likeness (QED) is 0.391. The Morgan fingerprint density at radius 2 is 1.63 bits per heavy atom. The summed E-state index contributed by atoms with van der Waals surface area (Å²) >= 11 is 0. The molecule has 1 unspecified atom stereocenters. The maximum atomic E-state index is 13.5. The van der Waals surface area contributed by atoms with E-state index in [9.17, 15) is 9.59 Å². The van der Waals surface area contributed by atoms with E-state index >= 15 is 0 Å². The number of nitrogens with one attached hydrogen (secondary N) is 1. The van der Waals surface area contributed by atoms with Crippen LogP contribution in [0.25, 0.3) is 0 Å². The highest BCUT2D eigenvalue weighted by atomic mass is 16.5. The summed E-state index contributed by atoms with van der Waals surface area (Å²) in [7, 11) is 3.21. The van der Waals surface area contributed by atoms with Crippen molar-refractivity contribution in [3.05, 3.63) is 95.6 Å². The lowest BCUT2D eigenvalue weighted by atomic mass is 10.0. The van der Waals surface area contributed by atoms with Crippen LogP contribution in [-0.2, 0) is 22.6 Å². The van der Waals surface area contributed by atoms with Crippen LogP contribution >= 0.6 is 0 Å². The molecule has 0 heterocycles. The zero-order chi connectivity index (χ0) is 25.0. The molecule has 1 atom stereocenters. The molecule has 3 aromatic carbocycles. The second-order valence-electron chi connectivity index (χ2n) is 8.46. The Balaban J connectivity index is 1.75. The van der Waals surface area contributed by atoms with Gasteiger partial charge in [-0.3, -0.25) is 9.59 Å². The maximum absolute atomic E-state index is 13.5. The number of methoxy groups -OCH3 is 1. The molecule has 0 spiro atoms. The standard InChI is InChI=1S/C29H34N2O4/c1-22-14-16-25(17-15-22)35-18-8-13-28(32)31(21-24-11-7-12-26(19-24)34-3)27(29(33)30-2)20-23-9-5-4-6-10-23/h4-7,9-12,14-17,19,27H,8,13,18,20-21H2,1-3H3,(H,30,33). The molecule has 0 fully saturated rings. The third-order valence-electron chi connectivity index (χ3n) is 5.83. The van der Waals surface area contributed by atoms with E-state index in [1.165, 1.54) is 5.56 Å². The van der Waals surface area contributed by atoms with Crippen LogP contribution in [0.5, 0.6) is 11.5 Å². The number of aryl methyl sites for hydroxylation is 1. The van der Waals surface area contributed by atoms with E-state index in [0.717, 1.165) is 16.9 Å². The fourth-order valence-corrected chi connectivity index (χ4v) is 3.88. The summed E-state index contributed by atoms with van der Waals surface area (Å²) in [6, 6.07) is 24.5. The number of rotatable bonds is 12. The number of nitrogens with zero attached hydrogens (tertiary/aromatic N) is 1. The summed E-state index contributed by atoms with van der Waals surface area (Å²) < 4.78 is 11.1. The smallest absolute Gasteiger partial charge is 0.242 e. The predicted octanol–water partition coefficient (Wildman–Crippen LogP) is 4.55. The maximum Gasteiger partial charge on any atom is 0.242 e. The van der Waals surface area contributed by atoms with Crippen molar-refractivity contribution in [1.29, 1.82) is 0 Å². The van der Waals surface area contributed by atoms with Crippen molar-refractivity contribution in [2.45, 2.75) is 38.8 Å². The molecule has 2 amide bonds. The normalized spacial score (nSPS) is 11.4. The molecule has 0 saturated carbocycles. The van der Waals surface area contributed by atoms with Crippen molar-refractivity contribution in [1.82, 2.24) is 10.2 Å². The summed E-state index contributed by atoms with van der Waals surface area (Å²) in [6.07, 6.45) is 1.25. The second kappa shape index (κ2) is 13.2. The highest BCUT2D eigenvalue weighted by Gasteiger charge is 2.29. The Morgan fingerprint density at radius 3 is 2.31 bits per heavy atom. The molecule has 0 aliphatic rings. The highest BCUT2D eigenvalue weighted by Crippen LogP contribution is 2.19. The molecule has 0 bridgehead atoms. The first-order valence-electron chi connectivity index (χ1n) is 11.9. The van der Waals surface area contributed by atoms with Crippen LogP contribution in [0.3, 0.4) is 0 Å². The van der Waals surface area contributed by atoms with Crippen LogP contribution in [-0.4, -0.2) is 43.5 Å². The Morgan fingerprint density at radius 1 is 0.914 bits per heavy atom. The van der Waals surface area contributed by atoms with E-state index in [4.69, 9.17) is 9.47 Å². The highest BCUT2D eigenvalue weighted by molar-refractivity contribution is 5.87. The van der Waals surface area contributed by atoms with Crippen LogP contribution in [0.15, 0.2) is 78.9 Å². The third kappa shape index (κ3) is 7.88. The lowest BCUT2D eigenvalue weighted by molar-refractivity contribution is -0.141. The van der Waals surface area contributed by atoms with E-state index in [-0.39, 0.29) is 18.2 Å². The van der Waals surface area contributed by atoms with Crippen LogP contribution in [0.4, 0.5) is 0 Å². The largest absolute Gasteiger partial charge is 0.497 e. The fraction of sp³-hybridized carbons (Fsp3) is 0.310. The van der Waals surface area contributed by atoms with Crippen molar-refractivity contribution >= 4 is 11.8 Å². The third-order valence-corrected chi connectivity index (χ3v) is 5.83. The molecule has 3 rings (SSSR count). The summed E-state index contributed by atoms with van der Waals surface area (Å²) in [5, 5.41) is 2.74. The number of hydrogen-bond donors (Lipinski definition) is 1. The number of amides is 2. The molecule has 0 aliphatic heterocycles. The second-order valence-corrected chi connectivity index (χ2v) is 8.46. The van der Waals surface area contributed by atoms with Gasteiger partial charge >= 0.3 is 0 Å². The number of carbonyl (C=O) groups excluding carboxylic acids is 2. The molecule has 0 radical (unpaired) electrons. The van der Waals surface area contributed by atoms with Crippen LogP contribution in [0.2, 0.25) is 0 Å². The van der Waals surface area contributed by atoms with Gasteiger partial charge in [-0.2, -0.15) is 0 Å². The van der Waals surface area contributed by atoms with E-state index in [0.29, 0.717) is 31.7 Å². The topological polar surface area (TPSA) is 67.9 Å². The monoisotopic (exact) mass is 474 g/mol. The molecule has 6 heteroatoms. The first-order valence-corrected chi connectivity index (χ1v) is 11.9. The summed E-state index contributed by atoms with van der Waals surface area (Å²) in [5.41, 5.74) is 3.06. The number of hydrogen-bond acceptors (Lipinski definition) is 4. The Labute approximate surface area is 207 Å². The van der Waals surface area contributed by atoms with Gasteiger partial charge in [0.15, 0.2) is 0 Å². The number of carbonyl (C=O) groups is 2. The lowest BCUT2D eigenvalue weighted by Gasteiger charge is -2.31. The van der Waals surface area contributed by atoms with Gasteiger partial charge in [-0.25, -0.2) is 0 Å². The van der Waals surface area contributed by atoms with E-state index < -0.39 is 6.04 Å². The minimum absolute atomic E-state index is 0.0927. The van der Waals surface area contributed by atoms with Crippen molar-refractivity contribution in [2.24, 2.45) is 0 Å². The van der Waals surface area contributed by atoms with Crippen molar-refractivity contribution < 1.29 is 19.1 Å². The van der Waals surface area contributed by atoms with Gasteiger partial charge in [0.25, 0.3) is 0 Å². The fourth-order valence-electron chi connectivity index (χ4n) is 3.88. The molecule has 1 N–H and O–H groups in total. The summed E-state index contributed by atoms with van der Waals surface area (Å²) in [5.74, 6) is 1.20. The molecule has 0 aromatic heterocycles. The van der Waals surface area contributed by atoms with Crippen molar-refractivity contribution in [3.63, 3.8) is 0 Å². The first-order chi connectivity index (χ1) is 17.0. The molecule has 35 heavy (non-hydrogen) atoms. The molecular formula is C29H34N2O4. The van der Waals surface area contributed by atoms with Gasteiger partial charge in [-0.05, 0) is 48.7 Å². The minimum Gasteiger partial charge on any atom is -0.497 e. The molecule has 0 aliphatic carbocycles. The van der Waals surface area contributed by atoms with Crippen LogP contribution < -0.4 is 14.8 Å². The predicted molar refractivity (Wildman–Crippen MR) is 137 cm³/mol. The van der Waals surface area contributed by atoms with Crippen LogP contribution in [0, 0.1) is 6.92 Å².